The van der Waals surface area contributed by atoms with E-state index in [1.165, 1.54) is 0 Å². The highest BCUT2D eigenvalue weighted by molar-refractivity contribution is 5.96. The Morgan fingerprint density at radius 1 is 0.739 bits per heavy atom. The molecule has 0 bridgehead atoms. The largest absolute Gasteiger partial charge is 0.379 e. The predicted molar refractivity (Wildman–Crippen MR) is 87.7 cm³/mol. The van der Waals surface area contributed by atoms with Crippen molar-refractivity contribution in [2.24, 2.45) is 5.73 Å². The number of Topliss-reactive ketones (excluding diaryl/α,β-unsaturated/α-hetero) is 1. The van der Waals surface area contributed by atoms with Crippen molar-refractivity contribution in [1.29, 1.82) is 0 Å². The SMILES string of the molecule is NCCOCCOCCOCCOCCC(=O)c1ccccc1. The van der Waals surface area contributed by atoms with Crippen LogP contribution in [0.5, 0.6) is 0 Å². The first-order valence-corrected chi connectivity index (χ1v) is 7.94. The molecule has 0 fully saturated rings. The smallest absolute Gasteiger partial charge is 0.165 e. The summed E-state index contributed by atoms with van der Waals surface area (Å²) in [4.78, 5) is 11.8. The maximum absolute atomic E-state index is 11.8. The average molecular weight is 325 g/mol. The fraction of sp³-hybridized carbons (Fsp3) is 0.588. The standard InChI is InChI=1S/C17H27NO5/c18-7-9-21-11-13-23-15-14-22-12-10-20-8-6-17(19)16-4-2-1-3-5-16/h1-5H,6-15,18H2. The second-order valence-electron chi connectivity index (χ2n) is 4.78. The summed E-state index contributed by atoms with van der Waals surface area (Å²) in [5, 5.41) is 0. The summed E-state index contributed by atoms with van der Waals surface area (Å²) >= 11 is 0. The van der Waals surface area contributed by atoms with Crippen LogP contribution in [-0.4, -0.2) is 65.2 Å². The van der Waals surface area contributed by atoms with E-state index in [2.05, 4.69) is 0 Å². The molecule has 0 radical (unpaired) electrons. The van der Waals surface area contributed by atoms with Crippen LogP contribution in [0.25, 0.3) is 0 Å². The van der Waals surface area contributed by atoms with Crippen LogP contribution in [0, 0.1) is 0 Å². The topological polar surface area (TPSA) is 80.0 Å². The van der Waals surface area contributed by atoms with Crippen molar-refractivity contribution >= 4 is 5.78 Å². The van der Waals surface area contributed by atoms with E-state index >= 15 is 0 Å². The summed E-state index contributed by atoms with van der Waals surface area (Å²) in [7, 11) is 0. The maximum Gasteiger partial charge on any atom is 0.165 e. The normalized spacial score (nSPS) is 10.8. The molecule has 23 heavy (non-hydrogen) atoms. The Labute approximate surface area is 137 Å². The number of hydrogen-bond acceptors (Lipinski definition) is 6. The number of carbonyl (C=O) groups is 1. The highest BCUT2D eigenvalue weighted by Gasteiger charge is 2.04. The van der Waals surface area contributed by atoms with Crippen LogP contribution in [-0.2, 0) is 18.9 Å². The number of carbonyl (C=O) groups excluding carboxylic acids is 1. The van der Waals surface area contributed by atoms with Crippen LogP contribution >= 0.6 is 0 Å². The van der Waals surface area contributed by atoms with E-state index in [9.17, 15) is 4.79 Å². The molecule has 0 heterocycles. The number of hydrogen-bond donors (Lipinski definition) is 1. The first kappa shape index (κ1) is 19.7. The van der Waals surface area contributed by atoms with Gasteiger partial charge in [-0.2, -0.15) is 0 Å². The van der Waals surface area contributed by atoms with Crippen LogP contribution < -0.4 is 5.73 Å². The van der Waals surface area contributed by atoms with Gasteiger partial charge < -0.3 is 24.7 Å². The van der Waals surface area contributed by atoms with Crippen molar-refractivity contribution in [3.05, 3.63) is 35.9 Å². The van der Waals surface area contributed by atoms with Crippen molar-refractivity contribution < 1.29 is 23.7 Å². The van der Waals surface area contributed by atoms with Gasteiger partial charge in [0.15, 0.2) is 5.78 Å². The van der Waals surface area contributed by atoms with E-state index in [1.54, 1.807) is 0 Å². The first-order valence-electron chi connectivity index (χ1n) is 7.94. The lowest BCUT2D eigenvalue weighted by Gasteiger charge is -2.07. The van der Waals surface area contributed by atoms with Gasteiger partial charge in [0.05, 0.1) is 52.9 Å². The van der Waals surface area contributed by atoms with Gasteiger partial charge in [-0.15, -0.1) is 0 Å². The molecule has 0 saturated carbocycles. The summed E-state index contributed by atoms with van der Waals surface area (Å²) < 4.78 is 21.2. The molecule has 0 saturated heterocycles. The zero-order chi connectivity index (χ0) is 16.6. The zero-order valence-electron chi connectivity index (χ0n) is 13.6. The number of benzene rings is 1. The number of nitrogens with two attached hydrogens (primary N) is 1. The molecular weight excluding hydrogens is 298 g/mol. The third-order valence-electron chi connectivity index (χ3n) is 2.95. The van der Waals surface area contributed by atoms with Gasteiger partial charge in [0, 0.05) is 18.5 Å². The molecule has 0 unspecified atom stereocenters. The Bertz CT molecular complexity index is 399. The molecule has 0 aliphatic heterocycles. The van der Waals surface area contributed by atoms with Gasteiger partial charge in [-0.3, -0.25) is 4.79 Å². The van der Waals surface area contributed by atoms with Crippen molar-refractivity contribution in [2.75, 3.05) is 59.4 Å². The zero-order valence-corrected chi connectivity index (χ0v) is 13.6. The molecule has 1 aromatic rings. The Kier molecular flexibility index (Phi) is 12.3. The third-order valence-corrected chi connectivity index (χ3v) is 2.95. The Morgan fingerprint density at radius 3 is 1.74 bits per heavy atom. The number of ketones is 1. The Balaban J connectivity index is 1.82. The fourth-order valence-corrected chi connectivity index (χ4v) is 1.78. The van der Waals surface area contributed by atoms with Gasteiger partial charge in [-0.25, -0.2) is 0 Å². The number of rotatable bonds is 15. The minimum absolute atomic E-state index is 0.0942. The van der Waals surface area contributed by atoms with E-state index in [4.69, 9.17) is 24.7 Å². The van der Waals surface area contributed by atoms with E-state index in [1.807, 2.05) is 30.3 Å². The van der Waals surface area contributed by atoms with Crippen molar-refractivity contribution in [1.82, 2.24) is 0 Å². The Hall–Kier alpha value is -1.31. The van der Waals surface area contributed by atoms with Gasteiger partial charge in [0.1, 0.15) is 0 Å². The molecule has 2 N–H and O–H groups in total. The molecular formula is C17H27NO5. The molecule has 0 atom stereocenters. The summed E-state index contributed by atoms with van der Waals surface area (Å²) in [5.41, 5.74) is 6.01. The van der Waals surface area contributed by atoms with Gasteiger partial charge in [0.2, 0.25) is 0 Å². The molecule has 1 aromatic carbocycles. The maximum atomic E-state index is 11.8. The lowest BCUT2D eigenvalue weighted by Crippen LogP contribution is -2.14. The lowest BCUT2D eigenvalue weighted by molar-refractivity contribution is -0.000943. The fourth-order valence-electron chi connectivity index (χ4n) is 1.78. The lowest BCUT2D eigenvalue weighted by atomic mass is 10.1. The van der Waals surface area contributed by atoms with Crippen molar-refractivity contribution in [2.45, 2.75) is 6.42 Å². The van der Waals surface area contributed by atoms with Crippen LogP contribution in [0.3, 0.4) is 0 Å². The minimum Gasteiger partial charge on any atom is -0.379 e. The first-order chi connectivity index (χ1) is 11.3. The summed E-state index contributed by atoms with van der Waals surface area (Å²) in [6, 6.07) is 9.23. The van der Waals surface area contributed by atoms with E-state index in [0.717, 1.165) is 5.56 Å². The molecule has 0 spiro atoms. The molecule has 1 rings (SSSR count). The molecule has 0 aromatic heterocycles. The average Bonchev–Trinajstić information content (AvgIpc) is 2.59. The van der Waals surface area contributed by atoms with Gasteiger partial charge in [0.25, 0.3) is 0 Å². The summed E-state index contributed by atoms with van der Waals surface area (Å²) in [6.07, 6.45) is 0.385. The minimum atomic E-state index is 0.0942. The summed E-state index contributed by atoms with van der Waals surface area (Å²) in [5.74, 6) is 0.0942. The van der Waals surface area contributed by atoms with Crippen LogP contribution in [0.4, 0.5) is 0 Å². The highest BCUT2D eigenvalue weighted by atomic mass is 16.6. The van der Waals surface area contributed by atoms with Crippen LogP contribution in [0.2, 0.25) is 0 Å². The highest BCUT2D eigenvalue weighted by Crippen LogP contribution is 2.02. The van der Waals surface area contributed by atoms with E-state index in [-0.39, 0.29) is 5.78 Å². The van der Waals surface area contributed by atoms with Crippen LogP contribution in [0.1, 0.15) is 16.8 Å². The second kappa shape index (κ2) is 14.3. The Morgan fingerprint density at radius 2 is 1.22 bits per heavy atom. The van der Waals surface area contributed by atoms with Crippen molar-refractivity contribution in [3.8, 4) is 0 Å². The third kappa shape index (κ3) is 11.0. The van der Waals surface area contributed by atoms with E-state index in [0.29, 0.717) is 65.8 Å². The van der Waals surface area contributed by atoms with Gasteiger partial charge in [-0.1, -0.05) is 30.3 Å². The molecule has 0 aliphatic rings. The second-order valence-corrected chi connectivity index (χ2v) is 4.78. The van der Waals surface area contributed by atoms with Gasteiger partial charge in [-0.05, 0) is 0 Å². The molecule has 130 valence electrons. The molecule has 0 amide bonds. The van der Waals surface area contributed by atoms with Crippen molar-refractivity contribution in [3.63, 3.8) is 0 Å². The summed E-state index contributed by atoms with van der Waals surface area (Å²) in [6.45, 7) is 4.60. The van der Waals surface area contributed by atoms with Gasteiger partial charge >= 0.3 is 0 Å². The molecule has 6 heteroatoms. The molecule has 0 aliphatic carbocycles. The molecule has 6 nitrogen and oxygen atoms in total. The monoisotopic (exact) mass is 325 g/mol. The predicted octanol–water partition coefficient (Wildman–Crippen LogP) is 1.28. The van der Waals surface area contributed by atoms with Crippen LogP contribution in [0.15, 0.2) is 30.3 Å². The quantitative estimate of drug-likeness (QED) is 0.386. The van der Waals surface area contributed by atoms with E-state index < -0.39 is 0 Å². The number of ether oxygens (including phenoxy) is 4.